The zero-order valence-electron chi connectivity index (χ0n) is 9.60. The highest BCUT2D eigenvalue weighted by Gasteiger charge is 2.25. The molecular weight excluding hydrogens is 162 g/mol. The smallest absolute Gasteiger partial charge is 0.0799 e. The van der Waals surface area contributed by atoms with Gasteiger partial charge in [0.05, 0.1) is 5.60 Å². The lowest BCUT2D eigenvalue weighted by Crippen LogP contribution is -2.40. The fourth-order valence-electron chi connectivity index (χ4n) is 1.24. The number of nitrogens with two attached hydrogens (primary N) is 1. The molecule has 2 N–H and O–H groups in total. The average Bonchev–Trinajstić information content (AvgIpc) is 2.20. The number of hydrogen-bond donors (Lipinski definition) is 1. The van der Waals surface area contributed by atoms with Gasteiger partial charge in [0.2, 0.25) is 0 Å². The Balaban J connectivity index is 3.95. The van der Waals surface area contributed by atoms with Crippen molar-refractivity contribution in [1.29, 1.82) is 0 Å². The fourth-order valence-corrected chi connectivity index (χ4v) is 1.24. The summed E-state index contributed by atoms with van der Waals surface area (Å²) in [6, 6.07) is 0. The van der Waals surface area contributed by atoms with Crippen LogP contribution in [0.1, 0.15) is 47.0 Å². The monoisotopic (exact) mass is 187 g/mol. The van der Waals surface area contributed by atoms with Gasteiger partial charge in [-0.05, 0) is 18.8 Å². The highest BCUT2D eigenvalue weighted by Crippen LogP contribution is 2.20. The van der Waals surface area contributed by atoms with E-state index in [-0.39, 0.29) is 5.60 Å². The zero-order valence-corrected chi connectivity index (χ0v) is 9.60. The van der Waals surface area contributed by atoms with Crippen LogP contribution in [0.25, 0.3) is 0 Å². The molecule has 80 valence electrons. The van der Waals surface area contributed by atoms with Crippen LogP contribution in [-0.2, 0) is 4.74 Å². The molecule has 0 heterocycles. The molecule has 0 aromatic rings. The van der Waals surface area contributed by atoms with Crippen LogP contribution in [0.15, 0.2) is 0 Å². The van der Waals surface area contributed by atoms with Crippen LogP contribution in [0.2, 0.25) is 0 Å². The van der Waals surface area contributed by atoms with E-state index in [1.165, 1.54) is 6.42 Å². The van der Waals surface area contributed by atoms with Gasteiger partial charge >= 0.3 is 0 Å². The van der Waals surface area contributed by atoms with Gasteiger partial charge in [0.15, 0.2) is 0 Å². The van der Waals surface area contributed by atoms with Gasteiger partial charge in [-0.25, -0.2) is 0 Å². The molecule has 1 atom stereocenters. The largest absolute Gasteiger partial charge is 0.373 e. The Morgan fingerprint density at radius 3 is 2.08 bits per heavy atom. The van der Waals surface area contributed by atoms with Crippen LogP contribution in [0.5, 0.6) is 0 Å². The highest BCUT2D eigenvalue weighted by atomic mass is 16.5. The van der Waals surface area contributed by atoms with E-state index in [0.29, 0.717) is 12.5 Å². The molecule has 0 aliphatic carbocycles. The molecule has 0 fully saturated rings. The number of hydrogen-bond acceptors (Lipinski definition) is 2. The van der Waals surface area contributed by atoms with E-state index >= 15 is 0 Å². The van der Waals surface area contributed by atoms with E-state index in [0.717, 1.165) is 19.4 Å². The maximum Gasteiger partial charge on any atom is 0.0799 e. The molecule has 1 unspecified atom stereocenters. The Morgan fingerprint density at radius 1 is 1.23 bits per heavy atom. The third-order valence-corrected chi connectivity index (χ3v) is 3.03. The normalized spacial score (nSPS) is 14.5. The molecule has 0 rings (SSSR count). The Morgan fingerprint density at radius 2 is 1.77 bits per heavy atom. The summed E-state index contributed by atoms with van der Waals surface area (Å²) in [6.07, 6.45) is 3.20. The SMILES string of the molecule is CCC(C)COC(CC)(CC)CN. The Bertz CT molecular complexity index is 113. The van der Waals surface area contributed by atoms with Crippen LogP contribution in [0, 0.1) is 5.92 Å². The Hall–Kier alpha value is -0.0800. The van der Waals surface area contributed by atoms with E-state index in [1.807, 2.05) is 0 Å². The van der Waals surface area contributed by atoms with Crippen LogP contribution in [0.3, 0.4) is 0 Å². The van der Waals surface area contributed by atoms with Crippen molar-refractivity contribution in [3.8, 4) is 0 Å². The number of rotatable bonds is 7. The van der Waals surface area contributed by atoms with E-state index in [1.54, 1.807) is 0 Å². The van der Waals surface area contributed by atoms with Crippen LogP contribution < -0.4 is 5.73 Å². The molecule has 0 amide bonds. The second-order valence-corrected chi connectivity index (χ2v) is 3.92. The van der Waals surface area contributed by atoms with Crippen molar-refractivity contribution in [3.63, 3.8) is 0 Å². The summed E-state index contributed by atoms with van der Waals surface area (Å²) in [5, 5.41) is 0. The molecule has 0 aromatic carbocycles. The van der Waals surface area contributed by atoms with E-state index < -0.39 is 0 Å². The first-order valence-corrected chi connectivity index (χ1v) is 5.48. The predicted octanol–water partition coefficient (Wildman–Crippen LogP) is 2.57. The zero-order chi connectivity index (χ0) is 10.3. The van der Waals surface area contributed by atoms with Crippen LogP contribution >= 0.6 is 0 Å². The molecule has 2 heteroatoms. The number of ether oxygens (including phenoxy) is 1. The highest BCUT2D eigenvalue weighted by molar-refractivity contribution is 4.78. The molecule has 0 spiro atoms. The lowest BCUT2D eigenvalue weighted by Gasteiger charge is -2.31. The first kappa shape index (κ1) is 12.9. The van der Waals surface area contributed by atoms with Crippen molar-refractivity contribution in [3.05, 3.63) is 0 Å². The minimum atomic E-state index is -0.0660. The summed E-state index contributed by atoms with van der Waals surface area (Å²) >= 11 is 0. The quantitative estimate of drug-likeness (QED) is 0.665. The topological polar surface area (TPSA) is 35.2 Å². The van der Waals surface area contributed by atoms with E-state index in [4.69, 9.17) is 10.5 Å². The predicted molar refractivity (Wildman–Crippen MR) is 57.8 cm³/mol. The molecule has 2 nitrogen and oxygen atoms in total. The van der Waals surface area contributed by atoms with E-state index in [2.05, 4.69) is 27.7 Å². The second kappa shape index (κ2) is 6.39. The minimum Gasteiger partial charge on any atom is -0.373 e. The molecule has 13 heavy (non-hydrogen) atoms. The molecule has 0 saturated carbocycles. The van der Waals surface area contributed by atoms with Gasteiger partial charge in [-0.3, -0.25) is 0 Å². The first-order valence-electron chi connectivity index (χ1n) is 5.48. The maximum absolute atomic E-state index is 5.90. The second-order valence-electron chi connectivity index (χ2n) is 3.92. The summed E-state index contributed by atoms with van der Waals surface area (Å²) in [7, 11) is 0. The lowest BCUT2D eigenvalue weighted by atomic mass is 9.97. The molecule has 0 bridgehead atoms. The average molecular weight is 187 g/mol. The van der Waals surface area contributed by atoms with Gasteiger partial charge in [0.25, 0.3) is 0 Å². The summed E-state index contributed by atoms with van der Waals surface area (Å²) in [4.78, 5) is 0. The molecule has 0 radical (unpaired) electrons. The third-order valence-electron chi connectivity index (χ3n) is 3.03. The standard InChI is InChI=1S/C11H25NO/c1-5-10(4)8-13-11(6-2,7-3)9-12/h10H,5-9,12H2,1-4H3. The molecule has 0 aliphatic rings. The summed E-state index contributed by atoms with van der Waals surface area (Å²) in [5.74, 6) is 0.643. The summed E-state index contributed by atoms with van der Waals surface area (Å²) in [5.41, 5.74) is 5.67. The third kappa shape index (κ3) is 4.10. The van der Waals surface area contributed by atoms with Crippen molar-refractivity contribution >= 4 is 0 Å². The lowest BCUT2D eigenvalue weighted by molar-refractivity contribution is -0.0579. The van der Waals surface area contributed by atoms with Crippen molar-refractivity contribution in [2.45, 2.75) is 52.6 Å². The van der Waals surface area contributed by atoms with Crippen molar-refractivity contribution in [2.24, 2.45) is 11.7 Å². The molecule has 0 aliphatic heterocycles. The first-order chi connectivity index (χ1) is 6.14. The maximum atomic E-state index is 5.90. The fraction of sp³-hybridized carbons (Fsp3) is 1.00. The van der Waals surface area contributed by atoms with Gasteiger partial charge in [-0.15, -0.1) is 0 Å². The van der Waals surface area contributed by atoms with Gasteiger partial charge in [-0.1, -0.05) is 34.1 Å². The Labute approximate surface area is 82.8 Å². The van der Waals surface area contributed by atoms with E-state index in [9.17, 15) is 0 Å². The van der Waals surface area contributed by atoms with Gasteiger partial charge in [0, 0.05) is 13.2 Å². The van der Waals surface area contributed by atoms with Crippen molar-refractivity contribution < 1.29 is 4.74 Å². The van der Waals surface area contributed by atoms with Crippen LogP contribution in [-0.4, -0.2) is 18.8 Å². The summed E-state index contributed by atoms with van der Waals surface area (Å²) in [6.45, 7) is 10.2. The van der Waals surface area contributed by atoms with Crippen LogP contribution in [0.4, 0.5) is 0 Å². The molecule has 0 saturated heterocycles. The molecule has 0 aromatic heterocycles. The Kier molecular flexibility index (Phi) is 6.35. The van der Waals surface area contributed by atoms with Crippen molar-refractivity contribution in [1.82, 2.24) is 0 Å². The molecular formula is C11H25NO. The van der Waals surface area contributed by atoms with Gasteiger partial charge < -0.3 is 10.5 Å². The van der Waals surface area contributed by atoms with Gasteiger partial charge in [-0.2, -0.15) is 0 Å². The van der Waals surface area contributed by atoms with Crippen molar-refractivity contribution in [2.75, 3.05) is 13.2 Å². The minimum absolute atomic E-state index is 0.0660. The summed E-state index contributed by atoms with van der Waals surface area (Å²) < 4.78 is 5.90. The van der Waals surface area contributed by atoms with Gasteiger partial charge in [0.1, 0.15) is 0 Å².